The van der Waals surface area contributed by atoms with Crippen molar-refractivity contribution in [1.29, 1.82) is 0 Å². The fourth-order valence-corrected chi connectivity index (χ4v) is 2.06. The lowest BCUT2D eigenvalue weighted by Gasteiger charge is -2.10. The summed E-state index contributed by atoms with van der Waals surface area (Å²) in [7, 11) is 4.67. The lowest BCUT2D eigenvalue weighted by atomic mass is 10.1. The summed E-state index contributed by atoms with van der Waals surface area (Å²) in [5, 5.41) is 0. The number of ketones is 1. The number of hydrogen-bond acceptors (Lipinski definition) is 4. The molecule has 0 aromatic heterocycles. The van der Waals surface area contributed by atoms with E-state index in [0.717, 1.165) is 11.3 Å². The quantitative estimate of drug-likeness (QED) is 0.603. The smallest absolute Gasteiger partial charge is 0.193 e. The van der Waals surface area contributed by atoms with Gasteiger partial charge in [0.05, 0.1) is 21.3 Å². The van der Waals surface area contributed by atoms with Gasteiger partial charge in [0.25, 0.3) is 0 Å². The van der Waals surface area contributed by atoms with Crippen LogP contribution in [0.1, 0.15) is 15.9 Å². The molecule has 22 heavy (non-hydrogen) atoms. The molecule has 0 fully saturated rings. The Morgan fingerprint density at radius 3 is 1.95 bits per heavy atom. The predicted octanol–water partition coefficient (Wildman–Crippen LogP) is 3.61. The van der Waals surface area contributed by atoms with Crippen LogP contribution in [0.25, 0.3) is 6.08 Å². The standard InChI is InChI=1S/C18H18O4/c1-20-14-10-7-13(8-11-14)9-12-15(19)18-16(21-2)5-4-6-17(18)22-3/h4-12H,1-3H3. The Balaban J connectivity index is 2.26. The molecule has 4 heteroatoms. The van der Waals surface area contributed by atoms with Gasteiger partial charge in [0, 0.05) is 0 Å². The molecule has 0 heterocycles. The monoisotopic (exact) mass is 298 g/mol. The van der Waals surface area contributed by atoms with Crippen molar-refractivity contribution in [2.75, 3.05) is 21.3 Å². The highest BCUT2D eigenvalue weighted by atomic mass is 16.5. The molecule has 0 atom stereocenters. The fourth-order valence-electron chi connectivity index (χ4n) is 2.06. The van der Waals surface area contributed by atoms with Gasteiger partial charge in [0.15, 0.2) is 5.78 Å². The molecule has 0 unspecified atom stereocenters. The Kier molecular flexibility index (Phi) is 5.20. The molecular formula is C18H18O4. The second-order valence-electron chi connectivity index (χ2n) is 4.51. The zero-order chi connectivity index (χ0) is 15.9. The molecule has 2 aromatic rings. The van der Waals surface area contributed by atoms with Gasteiger partial charge in [0.1, 0.15) is 22.8 Å². The summed E-state index contributed by atoms with van der Waals surface area (Å²) in [5.74, 6) is 1.58. The van der Waals surface area contributed by atoms with Gasteiger partial charge in [-0.1, -0.05) is 24.3 Å². The van der Waals surface area contributed by atoms with Crippen molar-refractivity contribution in [1.82, 2.24) is 0 Å². The maximum absolute atomic E-state index is 12.4. The highest BCUT2D eigenvalue weighted by molar-refractivity contribution is 6.10. The molecular weight excluding hydrogens is 280 g/mol. The third-order valence-electron chi connectivity index (χ3n) is 3.22. The number of allylic oxidation sites excluding steroid dienone is 1. The van der Waals surface area contributed by atoms with Crippen LogP contribution in [0.5, 0.6) is 17.2 Å². The van der Waals surface area contributed by atoms with Gasteiger partial charge in [-0.05, 0) is 35.9 Å². The summed E-state index contributed by atoms with van der Waals surface area (Å²) in [6.07, 6.45) is 3.25. The van der Waals surface area contributed by atoms with Crippen LogP contribution >= 0.6 is 0 Å². The maximum Gasteiger partial charge on any atom is 0.193 e. The van der Waals surface area contributed by atoms with E-state index in [2.05, 4.69) is 0 Å². The van der Waals surface area contributed by atoms with Crippen molar-refractivity contribution in [3.8, 4) is 17.2 Å². The Bertz CT molecular complexity index is 650. The minimum atomic E-state index is -0.176. The van der Waals surface area contributed by atoms with Crippen LogP contribution in [-0.2, 0) is 0 Å². The maximum atomic E-state index is 12.4. The molecule has 0 saturated carbocycles. The first kappa shape index (κ1) is 15.6. The third kappa shape index (κ3) is 3.47. The first-order valence-corrected chi connectivity index (χ1v) is 6.77. The van der Waals surface area contributed by atoms with E-state index in [-0.39, 0.29) is 5.78 Å². The van der Waals surface area contributed by atoms with Gasteiger partial charge in [-0.25, -0.2) is 0 Å². The summed E-state index contributed by atoms with van der Waals surface area (Å²) < 4.78 is 15.6. The summed E-state index contributed by atoms with van der Waals surface area (Å²) in [5.41, 5.74) is 1.32. The van der Waals surface area contributed by atoms with Crippen molar-refractivity contribution < 1.29 is 19.0 Å². The Labute approximate surface area is 129 Å². The average Bonchev–Trinajstić information content (AvgIpc) is 2.59. The van der Waals surface area contributed by atoms with Gasteiger partial charge < -0.3 is 14.2 Å². The number of carbonyl (C=O) groups excluding carboxylic acids is 1. The molecule has 4 nitrogen and oxygen atoms in total. The van der Waals surface area contributed by atoms with Crippen LogP contribution in [0.2, 0.25) is 0 Å². The molecule has 0 radical (unpaired) electrons. The lowest BCUT2D eigenvalue weighted by Crippen LogP contribution is -2.02. The van der Waals surface area contributed by atoms with Crippen LogP contribution in [0, 0.1) is 0 Å². The number of benzene rings is 2. The molecule has 0 aliphatic carbocycles. The average molecular weight is 298 g/mol. The fraction of sp³-hybridized carbons (Fsp3) is 0.167. The van der Waals surface area contributed by atoms with Gasteiger partial charge in [-0.15, -0.1) is 0 Å². The lowest BCUT2D eigenvalue weighted by molar-refractivity contribution is 0.104. The third-order valence-corrected chi connectivity index (χ3v) is 3.22. The summed E-state index contributed by atoms with van der Waals surface area (Å²) in [6, 6.07) is 12.7. The zero-order valence-corrected chi connectivity index (χ0v) is 12.8. The van der Waals surface area contributed by atoms with Crippen LogP contribution < -0.4 is 14.2 Å². The van der Waals surface area contributed by atoms with Gasteiger partial charge in [-0.2, -0.15) is 0 Å². The molecule has 2 aromatic carbocycles. The second-order valence-corrected chi connectivity index (χ2v) is 4.51. The molecule has 0 saturated heterocycles. The Hall–Kier alpha value is -2.75. The molecule has 0 spiro atoms. The van der Waals surface area contributed by atoms with E-state index < -0.39 is 0 Å². The van der Waals surface area contributed by atoms with Crippen molar-refractivity contribution in [3.05, 3.63) is 59.7 Å². The zero-order valence-electron chi connectivity index (χ0n) is 12.8. The van der Waals surface area contributed by atoms with E-state index in [0.29, 0.717) is 17.1 Å². The largest absolute Gasteiger partial charge is 0.497 e. The molecule has 0 amide bonds. The SMILES string of the molecule is COc1ccc(C=CC(=O)c2c(OC)cccc2OC)cc1. The predicted molar refractivity (Wildman–Crippen MR) is 85.9 cm³/mol. The Morgan fingerprint density at radius 2 is 1.45 bits per heavy atom. The van der Waals surface area contributed by atoms with Gasteiger partial charge >= 0.3 is 0 Å². The van der Waals surface area contributed by atoms with Crippen molar-refractivity contribution in [2.45, 2.75) is 0 Å². The van der Waals surface area contributed by atoms with E-state index in [1.807, 2.05) is 24.3 Å². The van der Waals surface area contributed by atoms with E-state index >= 15 is 0 Å². The van der Waals surface area contributed by atoms with Gasteiger partial charge in [-0.3, -0.25) is 4.79 Å². The van der Waals surface area contributed by atoms with Crippen LogP contribution in [0.4, 0.5) is 0 Å². The number of ether oxygens (including phenoxy) is 3. The molecule has 2 rings (SSSR count). The van der Waals surface area contributed by atoms with Gasteiger partial charge in [0.2, 0.25) is 0 Å². The molecule has 0 aliphatic rings. The summed E-state index contributed by atoms with van der Waals surface area (Å²) in [4.78, 5) is 12.4. The van der Waals surface area contributed by atoms with Crippen LogP contribution in [-0.4, -0.2) is 27.1 Å². The van der Waals surface area contributed by atoms with Crippen LogP contribution in [0.15, 0.2) is 48.5 Å². The van der Waals surface area contributed by atoms with Crippen molar-refractivity contribution in [2.24, 2.45) is 0 Å². The molecule has 0 aliphatic heterocycles. The summed E-state index contributed by atoms with van der Waals surface area (Å²) >= 11 is 0. The molecule has 114 valence electrons. The van der Waals surface area contributed by atoms with Crippen molar-refractivity contribution >= 4 is 11.9 Å². The normalized spacial score (nSPS) is 10.5. The number of rotatable bonds is 6. The van der Waals surface area contributed by atoms with E-state index in [1.165, 1.54) is 20.3 Å². The number of hydrogen-bond donors (Lipinski definition) is 0. The highest BCUT2D eigenvalue weighted by Crippen LogP contribution is 2.29. The topological polar surface area (TPSA) is 44.8 Å². The summed E-state index contributed by atoms with van der Waals surface area (Å²) in [6.45, 7) is 0. The van der Waals surface area contributed by atoms with Crippen LogP contribution in [0.3, 0.4) is 0 Å². The minimum Gasteiger partial charge on any atom is -0.497 e. The first-order chi connectivity index (χ1) is 10.7. The highest BCUT2D eigenvalue weighted by Gasteiger charge is 2.15. The van der Waals surface area contributed by atoms with E-state index in [4.69, 9.17) is 14.2 Å². The number of methoxy groups -OCH3 is 3. The number of carbonyl (C=O) groups is 1. The molecule has 0 N–H and O–H groups in total. The second kappa shape index (κ2) is 7.31. The molecule has 0 bridgehead atoms. The Morgan fingerprint density at radius 1 is 0.864 bits per heavy atom. The van der Waals surface area contributed by atoms with Crippen molar-refractivity contribution in [3.63, 3.8) is 0 Å². The van der Waals surface area contributed by atoms with E-state index in [9.17, 15) is 4.79 Å². The first-order valence-electron chi connectivity index (χ1n) is 6.77. The minimum absolute atomic E-state index is 0.176. The van der Waals surface area contributed by atoms with E-state index in [1.54, 1.807) is 31.4 Å².